The lowest BCUT2D eigenvalue weighted by Crippen LogP contribution is -2.43. The first kappa shape index (κ1) is 18.2. The van der Waals surface area contributed by atoms with E-state index >= 15 is 0 Å². The van der Waals surface area contributed by atoms with Crippen molar-refractivity contribution in [3.63, 3.8) is 0 Å². The molecule has 0 spiro atoms. The van der Waals surface area contributed by atoms with Crippen molar-refractivity contribution in [2.75, 3.05) is 38.7 Å². The number of hydrogen-bond donors (Lipinski definition) is 3. The maximum Gasteiger partial charge on any atom is 0.309 e. The van der Waals surface area contributed by atoms with Gasteiger partial charge in [0.1, 0.15) is 0 Å². The summed E-state index contributed by atoms with van der Waals surface area (Å²) in [5, 5.41) is 15.1. The molecule has 1 fully saturated rings. The van der Waals surface area contributed by atoms with Gasteiger partial charge in [-0.15, -0.1) is 0 Å². The third kappa shape index (κ3) is 5.21. The molecule has 2 amide bonds. The normalized spacial score (nSPS) is 18.0. The second-order valence-corrected chi connectivity index (χ2v) is 6.06. The maximum absolute atomic E-state index is 11.7. The molecule has 2 rings (SSSR count). The molecule has 1 aliphatic rings. The van der Waals surface area contributed by atoms with Gasteiger partial charge in [-0.3, -0.25) is 9.59 Å². The van der Waals surface area contributed by atoms with Crippen molar-refractivity contribution >= 4 is 17.5 Å². The summed E-state index contributed by atoms with van der Waals surface area (Å²) in [5.74, 6) is -1.46. The summed E-state index contributed by atoms with van der Waals surface area (Å²) < 4.78 is 5.38. The molecule has 1 aromatic carbocycles. The highest BCUT2D eigenvalue weighted by atomic mass is 16.5. The topological polar surface area (TPSA) is 90.9 Å². The van der Waals surface area contributed by atoms with Crippen LogP contribution < -0.4 is 15.5 Å². The molecule has 2 atom stereocenters. The van der Waals surface area contributed by atoms with E-state index in [-0.39, 0.29) is 12.6 Å². The van der Waals surface area contributed by atoms with Crippen LogP contribution in [0.5, 0.6) is 0 Å². The molecule has 7 heteroatoms. The SMILES string of the molecule is CN(C)c1ccc([C@H](O)CNC(=O)C(=O)NC[C@H]2CCCO2)cc1. The molecule has 1 aliphatic heterocycles. The summed E-state index contributed by atoms with van der Waals surface area (Å²) in [6, 6.07) is 7.36. The number of hydrogen-bond acceptors (Lipinski definition) is 5. The van der Waals surface area contributed by atoms with Crippen LogP contribution >= 0.6 is 0 Å². The van der Waals surface area contributed by atoms with Crippen molar-refractivity contribution < 1.29 is 19.4 Å². The highest BCUT2D eigenvalue weighted by Gasteiger charge is 2.20. The molecule has 1 heterocycles. The van der Waals surface area contributed by atoms with Gasteiger partial charge in [-0.05, 0) is 30.5 Å². The van der Waals surface area contributed by atoms with E-state index < -0.39 is 17.9 Å². The first-order valence-corrected chi connectivity index (χ1v) is 8.10. The summed E-state index contributed by atoms with van der Waals surface area (Å²) in [6.45, 7) is 1.01. The molecule has 0 unspecified atom stereocenters. The average Bonchev–Trinajstić information content (AvgIpc) is 3.10. The van der Waals surface area contributed by atoms with Crippen molar-refractivity contribution in [2.24, 2.45) is 0 Å². The Hall–Kier alpha value is -2.12. The molecular formula is C17H25N3O4. The highest BCUT2D eigenvalue weighted by molar-refractivity contribution is 6.35. The Bertz CT molecular complexity index is 553. The summed E-state index contributed by atoms with van der Waals surface area (Å²) in [6.07, 6.45) is 0.994. The van der Waals surface area contributed by atoms with E-state index in [0.29, 0.717) is 18.7 Å². The first-order chi connectivity index (χ1) is 11.5. The molecule has 0 aromatic heterocycles. The number of aliphatic hydroxyl groups is 1. The second-order valence-electron chi connectivity index (χ2n) is 6.06. The standard InChI is InChI=1S/C17H25N3O4/c1-20(2)13-7-5-12(6-8-13)15(21)11-19-17(23)16(22)18-10-14-4-3-9-24-14/h5-8,14-15,21H,3-4,9-11H2,1-2H3,(H,18,22)(H,19,23)/t14-,15-/m1/s1. The predicted molar refractivity (Wildman–Crippen MR) is 90.7 cm³/mol. The number of anilines is 1. The number of carbonyl (C=O) groups excluding carboxylic acids is 2. The van der Waals surface area contributed by atoms with Gasteiger partial charge in [-0.25, -0.2) is 0 Å². The van der Waals surface area contributed by atoms with E-state index in [9.17, 15) is 14.7 Å². The molecule has 0 radical (unpaired) electrons. The molecule has 132 valence electrons. The van der Waals surface area contributed by atoms with Gasteiger partial charge in [0.2, 0.25) is 0 Å². The zero-order valence-corrected chi connectivity index (χ0v) is 14.1. The third-order valence-electron chi connectivity index (χ3n) is 3.97. The predicted octanol–water partition coefficient (Wildman–Crippen LogP) is 0.197. The number of nitrogens with one attached hydrogen (secondary N) is 2. The third-order valence-corrected chi connectivity index (χ3v) is 3.97. The lowest BCUT2D eigenvalue weighted by Gasteiger charge is -2.16. The quantitative estimate of drug-likeness (QED) is 0.646. The van der Waals surface area contributed by atoms with Gasteiger partial charge in [0.15, 0.2) is 0 Å². The van der Waals surface area contributed by atoms with Crippen molar-refractivity contribution in [2.45, 2.75) is 25.0 Å². The molecule has 0 bridgehead atoms. The lowest BCUT2D eigenvalue weighted by atomic mass is 10.1. The summed E-state index contributed by atoms with van der Waals surface area (Å²) in [5.41, 5.74) is 1.70. The smallest absolute Gasteiger partial charge is 0.309 e. The number of carbonyl (C=O) groups is 2. The molecule has 1 saturated heterocycles. The van der Waals surface area contributed by atoms with Crippen LogP contribution in [-0.2, 0) is 14.3 Å². The van der Waals surface area contributed by atoms with E-state index in [2.05, 4.69) is 10.6 Å². The van der Waals surface area contributed by atoms with Crippen molar-refractivity contribution in [1.29, 1.82) is 0 Å². The largest absolute Gasteiger partial charge is 0.387 e. The fourth-order valence-corrected chi connectivity index (χ4v) is 2.47. The Balaban J connectivity index is 1.74. The van der Waals surface area contributed by atoms with Crippen LogP contribution in [0.1, 0.15) is 24.5 Å². The Morgan fingerprint density at radius 3 is 2.50 bits per heavy atom. The average molecular weight is 335 g/mol. The number of aliphatic hydroxyl groups excluding tert-OH is 1. The van der Waals surface area contributed by atoms with E-state index in [1.165, 1.54) is 0 Å². The van der Waals surface area contributed by atoms with Crippen LogP contribution in [0.2, 0.25) is 0 Å². The monoisotopic (exact) mass is 335 g/mol. The Kier molecular flexibility index (Phi) is 6.57. The van der Waals surface area contributed by atoms with Crippen LogP contribution in [-0.4, -0.2) is 56.8 Å². The maximum atomic E-state index is 11.7. The van der Waals surface area contributed by atoms with Crippen LogP contribution in [0.25, 0.3) is 0 Å². The fourth-order valence-electron chi connectivity index (χ4n) is 2.47. The first-order valence-electron chi connectivity index (χ1n) is 8.10. The van der Waals surface area contributed by atoms with Gasteiger partial charge < -0.3 is 25.4 Å². The van der Waals surface area contributed by atoms with Crippen LogP contribution in [0.4, 0.5) is 5.69 Å². The zero-order chi connectivity index (χ0) is 17.5. The van der Waals surface area contributed by atoms with E-state index in [1.807, 2.05) is 31.1 Å². The molecule has 24 heavy (non-hydrogen) atoms. The number of amides is 2. The minimum atomic E-state index is -0.865. The second kappa shape index (κ2) is 8.65. The number of ether oxygens (including phenoxy) is 1. The van der Waals surface area contributed by atoms with Crippen molar-refractivity contribution in [1.82, 2.24) is 10.6 Å². The van der Waals surface area contributed by atoms with Crippen molar-refractivity contribution in [3.8, 4) is 0 Å². The van der Waals surface area contributed by atoms with E-state index in [1.54, 1.807) is 12.1 Å². The van der Waals surface area contributed by atoms with Crippen molar-refractivity contribution in [3.05, 3.63) is 29.8 Å². The van der Waals surface area contributed by atoms with Crippen LogP contribution in [0, 0.1) is 0 Å². The summed E-state index contributed by atoms with van der Waals surface area (Å²) in [7, 11) is 3.86. The molecule has 3 N–H and O–H groups in total. The van der Waals surface area contributed by atoms with Gasteiger partial charge in [0.25, 0.3) is 0 Å². The summed E-state index contributed by atoms with van der Waals surface area (Å²) >= 11 is 0. The van der Waals surface area contributed by atoms with Gasteiger partial charge >= 0.3 is 11.8 Å². The minimum Gasteiger partial charge on any atom is -0.387 e. The lowest BCUT2D eigenvalue weighted by molar-refractivity contribution is -0.139. The Labute approximate surface area is 142 Å². The summed E-state index contributed by atoms with van der Waals surface area (Å²) in [4.78, 5) is 25.4. The van der Waals surface area contributed by atoms with E-state index in [0.717, 1.165) is 18.5 Å². The number of rotatable bonds is 6. The van der Waals surface area contributed by atoms with Gasteiger partial charge in [0.05, 0.1) is 12.2 Å². The van der Waals surface area contributed by atoms with Crippen LogP contribution in [0.15, 0.2) is 24.3 Å². The molecule has 0 aliphatic carbocycles. The van der Waals surface area contributed by atoms with Crippen LogP contribution in [0.3, 0.4) is 0 Å². The molecule has 0 saturated carbocycles. The molecular weight excluding hydrogens is 310 g/mol. The molecule has 7 nitrogen and oxygen atoms in total. The Morgan fingerprint density at radius 2 is 1.92 bits per heavy atom. The number of benzene rings is 1. The minimum absolute atomic E-state index is 0.0115. The fraction of sp³-hybridized carbons (Fsp3) is 0.529. The highest BCUT2D eigenvalue weighted by Crippen LogP contribution is 2.17. The van der Waals surface area contributed by atoms with Gasteiger partial charge in [0, 0.05) is 39.5 Å². The van der Waals surface area contributed by atoms with Gasteiger partial charge in [-0.2, -0.15) is 0 Å². The van der Waals surface area contributed by atoms with E-state index in [4.69, 9.17) is 4.74 Å². The van der Waals surface area contributed by atoms with Gasteiger partial charge in [-0.1, -0.05) is 12.1 Å². The molecule has 1 aromatic rings. The zero-order valence-electron chi connectivity index (χ0n) is 14.1. The number of nitrogens with zero attached hydrogens (tertiary/aromatic N) is 1. The Morgan fingerprint density at radius 1 is 1.25 bits per heavy atom.